The lowest BCUT2D eigenvalue weighted by Crippen LogP contribution is -2.39. The van der Waals surface area contributed by atoms with Crippen molar-refractivity contribution in [3.05, 3.63) is 47.2 Å². The third-order valence-electron chi connectivity index (χ3n) is 4.63. The molecule has 4 nitrogen and oxygen atoms in total. The fraction of sp³-hybridized carbons (Fsp3) is 0.474. The van der Waals surface area contributed by atoms with Crippen molar-refractivity contribution in [3.8, 4) is 0 Å². The van der Waals surface area contributed by atoms with Gasteiger partial charge in [-0.05, 0) is 44.7 Å². The first-order chi connectivity index (χ1) is 11.1. The van der Waals surface area contributed by atoms with Crippen LogP contribution in [0.15, 0.2) is 30.3 Å². The third-order valence-corrected chi connectivity index (χ3v) is 4.63. The van der Waals surface area contributed by atoms with Crippen molar-refractivity contribution in [2.75, 3.05) is 10.2 Å². The quantitative estimate of drug-likeness (QED) is 0.928. The highest BCUT2D eigenvalue weighted by molar-refractivity contribution is 5.49. The molecule has 0 saturated heterocycles. The van der Waals surface area contributed by atoms with Crippen LogP contribution in [0.4, 0.5) is 11.8 Å². The van der Waals surface area contributed by atoms with Crippen LogP contribution in [0.3, 0.4) is 0 Å². The summed E-state index contributed by atoms with van der Waals surface area (Å²) in [4.78, 5) is 11.7. The van der Waals surface area contributed by atoms with Crippen molar-refractivity contribution < 1.29 is 0 Å². The first kappa shape index (κ1) is 15.8. The summed E-state index contributed by atoms with van der Waals surface area (Å²) in [6.07, 6.45) is 2.12. The van der Waals surface area contributed by atoms with Gasteiger partial charge in [0, 0.05) is 30.4 Å². The number of hydrogen-bond acceptors (Lipinski definition) is 4. The molecule has 1 aliphatic rings. The lowest BCUT2D eigenvalue weighted by Gasteiger charge is -2.36. The number of fused-ring (bicyclic) bond motifs is 1. The zero-order chi connectivity index (χ0) is 16.4. The number of anilines is 2. The second kappa shape index (κ2) is 6.57. The number of aromatic nitrogens is 2. The van der Waals surface area contributed by atoms with Gasteiger partial charge < -0.3 is 10.2 Å². The number of hydrogen-bond donors (Lipinski definition) is 1. The van der Waals surface area contributed by atoms with E-state index in [1.165, 1.54) is 11.1 Å². The van der Waals surface area contributed by atoms with E-state index < -0.39 is 0 Å². The first-order valence-electron chi connectivity index (χ1n) is 8.52. The van der Waals surface area contributed by atoms with Crippen LogP contribution in [0.2, 0.25) is 0 Å². The predicted molar refractivity (Wildman–Crippen MR) is 95.9 cm³/mol. The second-order valence-electron chi connectivity index (χ2n) is 6.59. The highest BCUT2D eigenvalue weighted by Gasteiger charge is 2.24. The van der Waals surface area contributed by atoms with Crippen LogP contribution >= 0.6 is 0 Å². The Hall–Kier alpha value is -2.10. The average molecular weight is 310 g/mol. The molecule has 0 fully saturated rings. The summed E-state index contributed by atoms with van der Waals surface area (Å²) < 4.78 is 0. The van der Waals surface area contributed by atoms with E-state index in [1.54, 1.807) is 0 Å². The largest absolute Gasteiger partial charge is 0.352 e. The van der Waals surface area contributed by atoms with Gasteiger partial charge in [0.2, 0.25) is 5.95 Å². The minimum atomic E-state index is 0.379. The Morgan fingerprint density at radius 2 is 2.00 bits per heavy atom. The molecule has 0 bridgehead atoms. The highest BCUT2D eigenvalue weighted by atomic mass is 15.2. The zero-order valence-corrected chi connectivity index (χ0v) is 14.5. The molecule has 0 spiro atoms. The number of nitrogens with one attached hydrogen (secondary N) is 1. The summed E-state index contributed by atoms with van der Waals surface area (Å²) in [5, 5.41) is 3.40. The van der Waals surface area contributed by atoms with E-state index in [-0.39, 0.29) is 0 Å². The SMILES string of the molecule is CC[C@H](C)Nc1nc(C)cc(N2Cc3ccccc3C[C@@H]2C)n1. The van der Waals surface area contributed by atoms with E-state index in [1.807, 2.05) is 6.92 Å². The molecule has 0 amide bonds. The molecule has 1 N–H and O–H groups in total. The number of benzene rings is 1. The van der Waals surface area contributed by atoms with E-state index in [0.29, 0.717) is 12.1 Å². The highest BCUT2D eigenvalue weighted by Crippen LogP contribution is 2.28. The zero-order valence-electron chi connectivity index (χ0n) is 14.5. The minimum absolute atomic E-state index is 0.379. The van der Waals surface area contributed by atoms with Crippen molar-refractivity contribution in [2.24, 2.45) is 0 Å². The molecule has 122 valence electrons. The van der Waals surface area contributed by atoms with Gasteiger partial charge >= 0.3 is 0 Å². The van der Waals surface area contributed by atoms with Crippen LogP contribution < -0.4 is 10.2 Å². The molecule has 2 atom stereocenters. The molecule has 0 saturated carbocycles. The Kier molecular flexibility index (Phi) is 4.51. The van der Waals surface area contributed by atoms with Gasteiger partial charge in [-0.25, -0.2) is 4.98 Å². The molecule has 23 heavy (non-hydrogen) atoms. The number of aryl methyl sites for hydroxylation is 1. The topological polar surface area (TPSA) is 41.1 Å². The van der Waals surface area contributed by atoms with E-state index in [9.17, 15) is 0 Å². The van der Waals surface area contributed by atoms with Gasteiger partial charge in [-0.3, -0.25) is 0 Å². The van der Waals surface area contributed by atoms with E-state index in [4.69, 9.17) is 4.98 Å². The van der Waals surface area contributed by atoms with Crippen molar-refractivity contribution in [2.45, 2.75) is 59.2 Å². The summed E-state index contributed by atoms with van der Waals surface area (Å²) >= 11 is 0. The van der Waals surface area contributed by atoms with Crippen molar-refractivity contribution in [1.29, 1.82) is 0 Å². The molecular formula is C19H26N4. The Morgan fingerprint density at radius 3 is 2.74 bits per heavy atom. The number of nitrogens with zero attached hydrogens (tertiary/aromatic N) is 3. The Bertz CT molecular complexity index is 683. The maximum absolute atomic E-state index is 4.77. The van der Waals surface area contributed by atoms with Crippen molar-refractivity contribution >= 4 is 11.8 Å². The lowest BCUT2D eigenvalue weighted by molar-refractivity contribution is 0.586. The van der Waals surface area contributed by atoms with Gasteiger partial charge in [-0.1, -0.05) is 31.2 Å². The molecule has 2 aromatic rings. The van der Waals surface area contributed by atoms with Gasteiger partial charge in [-0.2, -0.15) is 4.98 Å². The van der Waals surface area contributed by atoms with E-state index in [0.717, 1.165) is 36.8 Å². The summed E-state index contributed by atoms with van der Waals surface area (Å²) in [5.74, 6) is 1.76. The second-order valence-corrected chi connectivity index (χ2v) is 6.59. The molecule has 0 unspecified atom stereocenters. The monoisotopic (exact) mass is 310 g/mol. The molecule has 1 aliphatic heterocycles. The van der Waals surface area contributed by atoms with Crippen LogP contribution in [0, 0.1) is 6.92 Å². The smallest absolute Gasteiger partial charge is 0.225 e. The van der Waals surface area contributed by atoms with Crippen molar-refractivity contribution in [1.82, 2.24) is 9.97 Å². The minimum Gasteiger partial charge on any atom is -0.352 e. The van der Waals surface area contributed by atoms with Gasteiger partial charge in [0.15, 0.2) is 0 Å². The fourth-order valence-corrected chi connectivity index (χ4v) is 3.07. The van der Waals surface area contributed by atoms with Crippen LogP contribution in [0.5, 0.6) is 0 Å². The van der Waals surface area contributed by atoms with E-state index >= 15 is 0 Å². The third kappa shape index (κ3) is 3.46. The standard InChI is InChI=1S/C19H26N4/c1-5-13(2)20-19-21-14(3)10-18(22-19)23-12-17-9-7-6-8-16(17)11-15(23)4/h6-10,13,15H,5,11-12H2,1-4H3,(H,20,21,22)/t13-,15-/m0/s1. The summed E-state index contributed by atoms with van der Waals surface area (Å²) in [6, 6.07) is 11.6. The van der Waals surface area contributed by atoms with Gasteiger partial charge in [0.05, 0.1) is 0 Å². The van der Waals surface area contributed by atoms with E-state index in [2.05, 4.69) is 66.3 Å². The van der Waals surface area contributed by atoms with Gasteiger partial charge in [-0.15, -0.1) is 0 Å². The fourth-order valence-electron chi connectivity index (χ4n) is 3.07. The summed E-state index contributed by atoms with van der Waals surface area (Å²) in [7, 11) is 0. The van der Waals surface area contributed by atoms with Crippen LogP contribution in [0.25, 0.3) is 0 Å². The summed E-state index contributed by atoms with van der Waals surface area (Å²) in [5.41, 5.74) is 3.87. The van der Waals surface area contributed by atoms with Crippen molar-refractivity contribution in [3.63, 3.8) is 0 Å². The first-order valence-corrected chi connectivity index (χ1v) is 8.52. The molecule has 0 radical (unpaired) electrons. The molecule has 0 aliphatic carbocycles. The van der Waals surface area contributed by atoms with Crippen LogP contribution in [-0.4, -0.2) is 22.1 Å². The normalized spacial score (nSPS) is 18.4. The Morgan fingerprint density at radius 1 is 1.26 bits per heavy atom. The molecule has 4 heteroatoms. The van der Waals surface area contributed by atoms with Crippen LogP contribution in [0.1, 0.15) is 44.0 Å². The molecule has 3 rings (SSSR count). The molecular weight excluding hydrogens is 284 g/mol. The maximum Gasteiger partial charge on any atom is 0.225 e. The van der Waals surface area contributed by atoms with Crippen LogP contribution in [-0.2, 0) is 13.0 Å². The van der Waals surface area contributed by atoms with Gasteiger partial charge in [0.1, 0.15) is 5.82 Å². The predicted octanol–water partition coefficient (Wildman–Crippen LogP) is 3.95. The Balaban J connectivity index is 1.89. The average Bonchev–Trinajstić information content (AvgIpc) is 2.53. The lowest BCUT2D eigenvalue weighted by atomic mass is 9.95. The van der Waals surface area contributed by atoms with Gasteiger partial charge in [0.25, 0.3) is 0 Å². The molecule has 2 heterocycles. The number of rotatable bonds is 4. The Labute approximate surface area is 139 Å². The molecule has 1 aromatic carbocycles. The maximum atomic E-state index is 4.77. The molecule has 1 aromatic heterocycles. The summed E-state index contributed by atoms with van der Waals surface area (Å²) in [6.45, 7) is 9.55.